The Bertz CT molecular complexity index is 963. The summed E-state index contributed by atoms with van der Waals surface area (Å²) in [5.74, 6) is -0.676. The Hall–Kier alpha value is -2.16. The summed E-state index contributed by atoms with van der Waals surface area (Å²) < 4.78 is 11.0. The number of esters is 2. The Balaban J connectivity index is 1.71. The molecule has 9 nitrogen and oxygen atoms in total. The number of ether oxygens (including phenoxy) is 2. The first-order valence-corrected chi connectivity index (χ1v) is 19.6. The van der Waals surface area contributed by atoms with Gasteiger partial charge in [0.25, 0.3) is 5.91 Å². The molecule has 0 aromatic carbocycles. The Kier molecular flexibility index (Phi) is 19.1. The van der Waals surface area contributed by atoms with E-state index in [0.717, 1.165) is 32.1 Å². The van der Waals surface area contributed by atoms with Crippen LogP contribution in [0, 0.1) is 0 Å². The smallest absolute Gasteiger partial charge is 0.325 e. The van der Waals surface area contributed by atoms with Crippen molar-refractivity contribution in [1.82, 2.24) is 15.1 Å². The van der Waals surface area contributed by atoms with E-state index in [1.807, 2.05) is 0 Å². The highest BCUT2D eigenvalue weighted by atomic mass is 16.5. The third-order valence-electron chi connectivity index (χ3n) is 10.3. The first-order valence-electron chi connectivity index (χ1n) is 19.6. The van der Waals surface area contributed by atoms with E-state index in [4.69, 9.17) is 9.47 Å². The molecule has 2 saturated heterocycles. The Labute approximate surface area is 293 Å². The molecule has 0 aromatic heterocycles. The SMILES string of the molecule is CCCCCCCCCCCC(=O)OCCN1C(=O)NC2(CC(C)(C)N(CCOC(=O)CCCCCCCCCCC)C(C)(C)C2)C1=O. The highest BCUT2D eigenvalue weighted by Gasteiger charge is 2.61. The molecule has 2 rings (SSSR count). The van der Waals surface area contributed by atoms with E-state index < -0.39 is 22.6 Å². The fraction of sp³-hybridized carbons (Fsp3) is 0.897. The van der Waals surface area contributed by atoms with Gasteiger partial charge in [0.05, 0.1) is 6.54 Å². The van der Waals surface area contributed by atoms with E-state index >= 15 is 0 Å². The molecule has 0 unspecified atom stereocenters. The zero-order valence-corrected chi connectivity index (χ0v) is 31.7. The Morgan fingerprint density at radius 2 is 0.979 bits per heavy atom. The Morgan fingerprint density at radius 3 is 1.40 bits per heavy atom. The van der Waals surface area contributed by atoms with Crippen molar-refractivity contribution >= 4 is 23.9 Å². The molecule has 0 radical (unpaired) electrons. The highest BCUT2D eigenvalue weighted by molar-refractivity contribution is 6.07. The Morgan fingerprint density at radius 1 is 0.604 bits per heavy atom. The number of nitrogens with one attached hydrogen (secondary N) is 1. The number of amides is 3. The summed E-state index contributed by atoms with van der Waals surface area (Å²) in [7, 11) is 0. The summed E-state index contributed by atoms with van der Waals surface area (Å²) in [5.41, 5.74) is -1.90. The van der Waals surface area contributed by atoms with Crippen LogP contribution in [0.15, 0.2) is 0 Å². The van der Waals surface area contributed by atoms with Crippen LogP contribution in [-0.2, 0) is 23.9 Å². The monoisotopic (exact) mass is 678 g/mol. The first-order chi connectivity index (χ1) is 22.9. The topological polar surface area (TPSA) is 105 Å². The number of unbranched alkanes of at least 4 members (excludes halogenated alkanes) is 16. The van der Waals surface area contributed by atoms with Crippen LogP contribution in [0.4, 0.5) is 4.79 Å². The molecule has 2 aliphatic heterocycles. The molecule has 2 fully saturated rings. The summed E-state index contributed by atoms with van der Waals surface area (Å²) in [6.07, 6.45) is 23.2. The molecule has 0 atom stereocenters. The van der Waals surface area contributed by atoms with Crippen LogP contribution in [0.25, 0.3) is 0 Å². The zero-order valence-electron chi connectivity index (χ0n) is 31.7. The third-order valence-corrected chi connectivity index (χ3v) is 10.3. The standard InChI is InChI=1S/C39H71N3O6/c1-7-9-11-13-15-17-19-21-23-25-33(43)47-29-27-41-35(45)39(40-36(41)46)31-37(3,4)42(38(5,6)32-39)28-30-48-34(44)26-24-22-20-18-16-14-12-10-8-2/h7-32H2,1-6H3,(H,40,46). The number of urea groups is 1. The second-order valence-corrected chi connectivity index (χ2v) is 15.7. The van der Waals surface area contributed by atoms with Crippen LogP contribution in [-0.4, -0.2) is 76.6 Å². The number of carbonyl (C=O) groups excluding carboxylic acids is 4. The number of hydrogen-bond acceptors (Lipinski definition) is 7. The largest absolute Gasteiger partial charge is 0.464 e. The van der Waals surface area contributed by atoms with Crippen LogP contribution in [0.3, 0.4) is 0 Å². The predicted octanol–water partition coefficient (Wildman–Crippen LogP) is 8.86. The van der Waals surface area contributed by atoms with E-state index in [1.165, 1.54) is 88.4 Å². The second-order valence-electron chi connectivity index (χ2n) is 15.7. The molecule has 1 spiro atoms. The maximum absolute atomic E-state index is 13.7. The second kappa shape index (κ2) is 21.8. The molecule has 278 valence electrons. The molecule has 9 heteroatoms. The highest BCUT2D eigenvalue weighted by Crippen LogP contribution is 2.45. The fourth-order valence-electron chi connectivity index (χ4n) is 8.08. The number of nitrogens with zero attached hydrogens (tertiary/aromatic N) is 2. The van der Waals surface area contributed by atoms with Crippen LogP contribution in [0.5, 0.6) is 0 Å². The maximum Gasteiger partial charge on any atom is 0.325 e. The van der Waals surface area contributed by atoms with Gasteiger partial charge >= 0.3 is 18.0 Å². The summed E-state index contributed by atoms with van der Waals surface area (Å²) in [6.45, 7) is 13.7. The lowest BCUT2D eigenvalue weighted by Crippen LogP contribution is -2.70. The lowest BCUT2D eigenvalue weighted by Gasteiger charge is -2.57. The van der Waals surface area contributed by atoms with Crippen molar-refractivity contribution in [2.75, 3.05) is 26.3 Å². The van der Waals surface area contributed by atoms with Crippen LogP contribution in [0.2, 0.25) is 0 Å². The average Bonchev–Trinajstić information content (AvgIpc) is 3.23. The van der Waals surface area contributed by atoms with Gasteiger partial charge in [-0.25, -0.2) is 4.79 Å². The lowest BCUT2D eigenvalue weighted by atomic mass is 9.69. The summed E-state index contributed by atoms with van der Waals surface area (Å²) in [4.78, 5) is 55.0. The summed E-state index contributed by atoms with van der Waals surface area (Å²) >= 11 is 0. The minimum Gasteiger partial charge on any atom is -0.464 e. The van der Waals surface area contributed by atoms with Gasteiger partial charge in [-0.05, 0) is 53.4 Å². The normalized spacial score (nSPS) is 18.3. The van der Waals surface area contributed by atoms with Crippen LogP contribution >= 0.6 is 0 Å². The van der Waals surface area contributed by atoms with Crippen LogP contribution in [0.1, 0.15) is 183 Å². The van der Waals surface area contributed by atoms with E-state index in [1.54, 1.807) is 0 Å². The summed E-state index contributed by atoms with van der Waals surface area (Å²) in [6, 6.07) is -0.430. The number of imide groups is 1. The van der Waals surface area contributed by atoms with Crippen molar-refractivity contribution in [2.24, 2.45) is 0 Å². The van der Waals surface area contributed by atoms with Gasteiger partial charge < -0.3 is 14.8 Å². The molecule has 0 bridgehead atoms. The number of rotatable bonds is 26. The van der Waals surface area contributed by atoms with Gasteiger partial charge in [-0.15, -0.1) is 0 Å². The van der Waals surface area contributed by atoms with Crippen molar-refractivity contribution in [3.05, 3.63) is 0 Å². The minimum absolute atomic E-state index is 0.00876. The fourth-order valence-corrected chi connectivity index (χ4v) is 8.08. The molecular formula is C39H71N3O6. The van der Waals surface area contributed by atoms with Gasteiger partial charge in [-0.2, -0.15) is 0 Å². The third kappa shape index (κ3) is 14.4. The number of carbonyl (C=O) groups is 4. The number of likely N-dealkylation sites (tertiary alicyclic amines) is 1. The number of hydrogen-bond donors (Lipinski definition) is 1. The average molecular weight is 678 g/mol. The van der Waals surface area contributed by atoms with Crippen molar-refractivity contribution < 1.29 is 28.7 Å². The molecule has 1 N–H and O–H groups in total. The maximum atomic E-state index is 13.7. The minimum atomic E-state index is -1.02. The lowest BCUT2D eigenvalue weighted by molar-refractivity contribution is -0.150. The van der Waals surface area contributed by atoms with E-state index in [2.05, 4.69) is 51.8 Å². The van der Waals surface area contributed by atoms with Gasteiger partial charge in [-0.3, -0.25) is 24.2 Å². The number of piperidine rings is 1. The molecular weight excluding hydrogens is 606 g/mol. The van der Waals surface area contributed by atoms with Crippen molar-refractivity contribution in [2.45, 2.75) is 199 Å². The molecule has 2 aliphatic rings. The van der Waals surface area contributed by atoms with E-state index in [-0.39, 0.29) is 31.0 Å². The van der Waals surface area contributed by atoms with Crippen molar-refractivity contribution in [3.8, 4) is 0 Å². The van der Waals surface area contributed by atoms with Gasteiger partial charge in [0.2, 0.25) is 0 Å². The molecule has 48 heavy (non-hydrogen) atoms. The van der Waals surface area contributed by atoms with Crippen molar-refractivity contribution in [1.29, 1.82) is 0 Å². The summed E-state index contributed by atoms with van der Waals surface area (Å²) in [5, 5.41) is 3.02. The quantitative estimate of drug-likeness (QED) is 0.0554. The van der Waals surface area contributed by atoms with E-state index in [9.17, 15) is 19.2 Å². The molecule has 3 amide bonds. The first kappa shape index (κ1) is 42.0. The van der Waals surface area contributed by atoms with Crippen LogP contribution < -0.4 is 5.32 Å². The van der Waals surface area contributed by atoms with Gasteiger partial charge in [0.1, 0.15) is 18.8 Å². The van der Waals surface area contributed by atoms with Crippen molar-refractivity contribution in [3.63, 3.8) is 0 Å². The molecule has 0 saturated carbocycles. The molecule has 0 aromatic rings. The van der Waals surface area contributed by atoms with E-state index in [0.29, 0.717) is 38.8 Å². The van der Waals surface area contributed by atoms with Gasteiger partial charge in [-0.1, -0.05) is 117 Å². The molecule has 2 heterocycles. The predicted molar refractivity (Wildman–Crippen MR) is 193 cm³/mol. The van der Waals surface area contributed by atoms with Gasteiger partial charge in [0.15, 0.2) is 0 Å². The molecule has 0 aliphatic carbocycles. The zero-order chi connectivity index (χ0) is 35.5. The van der Waals surface area contributed by atoms with Gasteiger partial charge in [0, 0.05) is 30.5 Å².